The summed E-state index contributed by atoms with van der Waals surface area (Å²) in [4.78, 5) is 43.5. The fraction of sp³-hybridized carbons (Fsp3) is 0.394. The summed E-state index contributed by atoms with van der Waals surface area (Å²) in [6.07, 6.45) is 7.08. The number of rotatable bonds is 7. The van der Waals surface area contributed by atoms with Crippen LogP contribution in [0.2, 0.25) is 0 Å². The highest BCUT2D eigenvalue weighted by Gasteiger charge is 2.33. The number of anilines is 3. The van der Waals surface area contributed by atoms with Gasteiger partial charge in [-0.15, -0.1) is 11.3 Å². The highest BCUT2D eigenvalue weighted by Crippen LogP contribution is 2.40. The zero-order valence-electron chi connectivity index (χ0n) is 25.0. The largest absolute Gasteiger partial charge is 0.461 e. The molecule has 0 spiro atoms. The van der Waals surface area contributed by atoms with Gasteiger partial charge in [-0.25, -0.2) is 0 Å². The van der Waals surface area contributed by atoms with Gasteiger partial charge in [-0.05, 0) is 67.9 Å². The van der Waals surface area contributed by atoms with Crippen molar-refractivity contribution in [3.8, 4) is 11.1 Å². The zero-order valence-corrected chi connectivity index (χ0v) is 25.8. The molecule has 0 atom stereocenters. The topological polar surface area (TPSA) is 108 Å². The monoisotopic (exact) mass is 613 g/mol. The Labute approximate surface area is 259 Å². The first-order valence-corrected chi connectivity index (χ1v) is 16.1. The van der Waals surface area contributed by atoms with Gasteiger partial charge < -0.3 is 24.3 Å². The number of ether oxygens (including phenoxy) is 2. The number of carbonyl (C=O) groups is 2. The van der Waals surface area contributed by atoms with E-state index in [9.17, 15) is 14.4 Å². The van der Waals surface area contributed by atoms with E-state index < -0.39 is 5.97 Å². The van der Waals surface area contributed by atoms with Gasteiger partial charge in [-0.3, -0.25) is 19.1 Å². The summed E-state index contributed by atoms with van der Waals surface area (Å²) in [5.41, 5.74) is 6.77. The van der Waals surface area contributed by atoms with Gasteiger partial charge >= 0.3 is 5.97 Å². The maximum absolute atomic E-state index is 14.0. The van der Waals surface area contributed by atoms with Gasteiger partial charge in [0.25, 0.3) is 11.5 Å². The summed E-state index contributed by atoms with van der Waals surface area (Å²) in [6.45, 7) is 6.06. The summed E-state index contributed by atoms with van der Waals surface area (Å²) in [5, 5.41) is 7.85. The first kappa shape index (κ1) is 28.5. The molecule has 11 heteroatoms. The number of pyridine rings is 1. The third-order valence-corrected chi connectivity index (χ3v) is 10.1. The second-order valence-electron chi connectivity index (χ2n) is 11.5. The highest BCUT2D eigenvalue weighted by molar-refractivity contribution is 7.14. The Morgan fingerprint density at radius 1 is 1.11 bits per heavy atom. The zero-order chi connectivity index (χ0) is 30.4. The molecule has 0 fully saturated rings. The molecule has 0 radical (unpaired) electrons. The van der Waals surface area contributed by atoms with E-state index in [1.165, 1.54) is 35.8 Å². The molecule has 1 N–H and O–H groups in total. The van der Waals surface area contributed by atoms with Crippen LogP contribution in [0.4, 0.5) is 17.2 Å². The molecule has 1 aliphatic carbocycles. The molecule has 0 unspecified atom stereocenters. The molecule has 5 heterocycles. The van der Waals surface area contributed by atoms with Crippen LogP contribution in [0.1, 0.15) is 63.6 Å². The van der Waals surface area contributed by atoms with Crippen LogP contribution in [0.5, 0.6) is 0 Å². The Kier molecular flexibility index (Phi) is 7.59. The average molecular weight is 614 g/mol. The first-order valence-electron chi connectivity index (χ1n) is 15.3. The van der Waals surface area contributed by atoms with Crippen molar-refractivity contribution >= 4 is 40.4 Å². The minimum Gasteiger partial charge on any atom is -0.461 e. The first-order chi connectivity index (χ1) is 21.4. The van der Waals surface area contributed by atoms with Crippen molar-refractivity contribution in [2.45, 2.75) is 72.3 Å². The van der Waals surface area contributed by atoms with Gasteiger partial charge in [-0.2, -0.15) is 5.10 Å². The van der Waals surface area contributed by atoms with E-state index in [-0.39, 0.29) is 18.1 Å². The third-order valence-electron chi connectivity index (χ3n) is 8.73. The number of nitrogens with zero attached hydrogens (tertiary/aromatic N) is 4. The minimum absolute atomic E-state index is 0.000195. The number of aryl methyl sites for hydroxylation is 2. The molecule has 10 nitrogen and oxygen atoms in total. The van der Waals surface area contributed by atoms with Gasteiger partial charge in [0.1, 0.15) is 12.3 Å². The molecule has 4 aromatic rings. The van der Waals surface area contributed by atoms with Crippen LogP contribution in [0, 0.1) is 0 Å². The van der Waals surface area contributed by atoms with Gasteiger partial charge in [0.15, 0.2) is 5.82 Å². The predicted octanol–water partition coefficient (Wildman–Crippen LogP) is 5.21. The Balaban J connectivity index is 1.29. The average Bonchev–Trinajstić information content (AvgIpc) is 3.62. The molecule has 0 saturated carbocycles. The van der Waals surface area contributed by atoms with Crippen LogP contribution in [-0.4, -0.2) is 39.4 Å². The van der Waals surface area contributed by atoms with E-state index in [0.29, 0.717) is 44.4 Å². The molecular weight excluding hydrogens is 578 g/mol. The Hall–Kier alpha value is -4.22. The molecule has 228 valence electrons. The van der Waals surface area contributed by atoms with Crippen LogP contribution < -0.4 is 15.8 Å². The maximum Gasteiger partial charge on any atom is 0.302 e. The van der Waals surface area contributed by atoms with E-state index in [4.69, 9.17) is 9.47 Å². The normalized spacial score (nSPS) is 15.9. The summed E-state index contributed by atoms with van der Waals surface area (Å²) in [5.74, 6) is 0.169. The molecule has 1 amide bonds. The standard InChI is InChI=1S/C33H35N5O5S/c1-3-36-17-21(15-27(32(36)40)34-30-16-22-18-42-14-13-38(22)35-30)23-8-6-9-28(26(23)19-43-20(2)39)37-12-11-25-24-7-4-5-10-29(24)44-31(25)33(37)41/h6,8-9,15-17H,3-5,7,10-14,18-19H2,1-2H3,(H,34,35). The van der Waals surface area contributed by atoms with Crippen molar-refractivity contribution in [3.63, 3.8) is 0 Å². The summed E-state index contributed by atoms with van der Waals surface area (Å²) in [6, 6.07) is 9.49. The van der Waals surface area contributed by atoms with Gasteiger partial charge in [0, 0.05) is 48.3 Å². The number of nitrogens with one attached hydrogen (secondary N) is 1. The number of thiophene rings is 1. The number of aromatic nitrogens is 3. The van der Waals surface area contributed by atoms with Crippen LogP contribution in [-0.2, 0) is 59.8 Å². The molecular formula is C33H35N5O5S. The number of esters is 1. The number of hydrogen-bond donors (Lipinski definition) is 1. The summed E-state index contributed by atoms with van der Waals surface area (Å²) < 4.78 is 14.6. The van der Waals surface area contributed by atoms with Gasteiger partial charge in [0.2, 0.25) is 0 Å². The molecule has 7 rings (SSSR count). The fourth-order valence-electron chi connectivity index (χ4n) is 6.57. The minimum atomic E-state index is -0.405. The van der Waals surface area contributed by atoms with E-state index in [1.807, 2.05) is 53.0 Å². The third kappa shape index (κ3) is 5.13. The van der Waals surface area contributed by atoms with Crippen LogP contribution >= 0.6 is 11.3 Å². The van der Waals surface area contributed by atoms with Crippen molar-refractivity contribution in [1.82, 2.24) is 14.3 Å². The molecule has 1 aromatic carbocycles. The summed E-state index contributed by atoms with van der Waals surface area (Å²) >= 11 is 1.65. The Morgan fingerprint density at radius 3 is 2.80 bits per heavy atom. The highest BCUT2D eigenvalue weighted by atomic mass is 32.1. The SMILES string of the molecule is CCn1cc(-c2cccc(N3CCc4c(sc5c4CCCC5)C3=O)c2COC(C)=O)cc(Nc2cc3n(n2)CCOC3)c1=O. The Bertz CT molecular complexity index is 1810. The van der Waals surface area contributed by atoms with Crippen LogP contribution in [0.15, 0.2) is 41.3 Å². The summed E-state index contributed by atoms with van der Waals surface area (Å²) in [7, 11) is 0. The lowest BCUT2D eigenvalue weighted by Crippen LogP contribution is -2.37. The van der Waals surface area contributed by atoms with Crippen molar-refractivity contribution in [1.29, 1.82) is 0 Å². The van der Waals surface area contributed by atoms with Crippen molar-refractivity contribution in [2.24, 2.45) is 0 Å². The number of carbonyl (C=O) groups excluding carboxylic acids is 2. The van der Waals surface area contributed by atoms with E-state index in [1.54, 1.807) is 15.9 Å². The lowest BCUT2D eigenvalue weighted by Gasteiger charge is -2.30. The van der Waals surface area contributed by atoms with Crippen LogP contribution in [0.25, 0.3) is 11.1 Å². The predicted molar refractivity (Wildman–Crippen MR) is 169 cm³/mol. The second-order valence-corrected chi connectivity index (χ2v) is 12.6. The molecule has 3 aromatic heterocycles. The molecule has 2 aliphatic heterocycles. The lowest BCUT2D eigenvalue weighted by atomic mass is 9.91. The molecule has 0 bridgehead atoms. The van der Waals surface area contributed by atoms with Crippen molar-refractivity contribution in [3.05, 3.63) is 79.0 Å². The van der Waals surface area contributed by atoms with Gasteiger partial charge in [0.05, 0.1) is 36.0 Å². The van der Waals surface area contributed by atoms with Crippen molar-refractivity contribution < 1.29 is 19.1 Å². The number of benzene rings is 1. The maximum atomic E-state index is 14.0. The van der Waals surface area contributed by atoms with E-state index in [0.717, 1.165) is 52.2 Å². The lowest BCUT2D eigenvalue weighted by molar-refractivity contribution is -0.142. The van der Waals surface area contributed by atoms with Gasteiger partial charge in [-0.1, -0.05) is 12.1 Å². The number of amides is 1. The molecule has 44 heavy (non-hydrogen) atoms. The number of hydrogen-bond acceptors (Lipinski definition) is 8. The smallest absolute Gasteiger partial charge is 0.302 e. The van der Waals surface area contributed by atoms with E-state index in [2.05, 4.69) is 10.4 Å². The molecule has 0 saturated heterocycles. The molecule has 3 aliphatic rings. The fourth-order valence-corrected chi connectivity index (χ4v) is 7.96. The van der Waals surface area contributed by atoms with Crippen molar-refractivity contribution in [2.75, 3.05) is 23.4 Å². The Morgan fingerprint density at radius 2 is 1.98 bits per heavy atom. The van der Waals surface area contributed by atoms with E-state index >= 15 is 0 Å². The quantitative estimate of drug-likeness (QED) is 0.285. The van der Waals surface area contributed by atoms with Crippen LogP contribution in [0.3, 0.4) is 0 Å². The second kappa shape index (κ2) is 11.7. The number of fused-ring (bicyclic) bond motifs is 4.